The van der Waals surface area contributed by atoms with Gasteiger partial charge in [-0.05, 0) is 36.4 Å². The molecule has 0 aliphatic carbocycles. The Bertz CT molecular complexity index is 1060. The van der Waals surface area contributed by atoms with E-state index in [4.69, 9.17) is 19.7 Å². The number of anilines is 2. The smallest absolute Gasteiger partial charge is 0.262 e. The van der Waals surface area contributed by atoms with Crippen molar-refractivity contribution in [1.29, 1.82) is 5.26 Å². The van der Waals surface area contributed by atoms with Crippen molar-refractivity contribution in [1.82, 2.24) is 9.97 Å². The summed E-state index contributed by atoms with van der Waals surface area (Å²) < 4.78 is 11.2. The lowest BCUT2D eigenvalue weighted by Crippen LogP contribution is -2.37. The maximum Gasteiger partial charge on any atom is 0.262 e. The van der Waals surface area contributed by atoms with E-state index < -0.39 is 0 Å². The zero-order valence-electron chi connectivity index (χ0n) is 15.7. The molecule has 146 valence electrons. The zero-order chi connectivity index (χ0) is 20.1. The maximum absolute atomic E-state index is 12.3. The van der Waals surface area contributed by atoms with Crippen LogP contribution in [0.2, 0.25) is 0 Å². The molecule has 2 heterocycles. The third-order valence-electron chi connectivity index (χ3n) is 4.47. The molecule has 0 radical (unpaired) electrons. The Balaban J connectivity index is 1.51. The summed E-state index contributed by atoms with van der Waals surface area (Å²) in [5, 5.41) is 11.6. The zero-order valence-corrected chi connectivity index (χ0v) is 15.7. The fourth-order valence-electron chi connectivity index (χ4n) is 3.01. The first-order chi connectivity index (χ1) is 14.2. The predicted molar refractivity (Wildman–Crippen MR) is 108 cm³/mol. The first-order valence-electron chi connectivity index (χ1n) is 9.25. The molecule has 29 heavy (non-hydrogen) atoms. The highest BCUT2D eigenvalue weighted by molar-refractivity contribution is 5.92. The minimum atomic E-state index is -0.322. The van der Waals surface area contributed by atoms with Gasteiger partial charge in [0.1, 0.15) is 0 Å². The van der Waals surface area contributed by atoms with Crippen molar-refractivity contribution < 1.29 is 14.3 Å². The van der Waals surface area contributed by atoms with E-state index in [-0.39, 0.29) is 12.5 Å². The van der Waals surface area contributed by atoms with Gasteiger partial charge in [0.05, 0.1) is 35.9 Å². The van der Waals surface area contributed by atoms with Gasteiger partial charge in [-0.2, -0.15) is 5.26 Å². The molecule has 0 saturated carbocycles. The minimum absolute atomic E-state index is 0.204. The molecule has 8 nitrogen and oxygen atoms in total. The first-order valence-corrected chi connectivity index (χ1v) is 9.25. The van der Waals surface area contributed by atoms with Crippen molar-refractivity contribution in [2.24, 2.45) is 0 Å². The van der Waals surface area contributed by atoms with Gasteiger partial charge in [-0.15, -0.1) is 0 Å². The van der Waals surface area contributed by atoms with E-state index in [0.29, 0.717) is 54.8 Å². The molecule has 1 aliphatic rings. The van der Waals surface area contributed by atoms with E-state index in [1.807, 2.05) is 30.3 Å². The van der Waals surface area contributed by atoms with Gasteiger partial charge in [0.15, 0.2) is 12.4 Å². The number of ether oxygens (including phenoxy) is 2. The SMILES string of the molecule is N#Cc1ccc(NC(=O)COc2nc3ccccc3nc2N2CCOCC2)cc1. The Hall–Kier alpha value is -3.70. The molecule has 2 aromatic carbocycles. The average Bonchev–Trinajstić information content (AvgIpc) is 2.78. The van der Waals surface area contributed by atoms with Crippen molar-refractivity contribution >= 4 is 28.4 Å². The average molecular weight is 389 g/mol. The van der Waals surface area contributed by atoms with Crippen LogP contribution in [0.3, 0.4) is 0 Å². The number of hydrogen-bond donors (Lipinski definition) is 1. The van der Waals surface area contributed by atoms with E-state index in [2.05, 4.69) is 15.2 Å². The van der Waals surface area contributed by atoms with Crippen LogP contribution in [0.25, 0.3) is 11.0 Å². The number of carbonyl (C=O) groups excluding carboxylic acids is 1. The Morgan fingerprint density at radius 3 is 2.48 bits per heavy atom. The van der Waals surface area contributed by atoms with E-state index in [0.717, 1.165) is 5.52 Å². The number of amides is 1. The second-order valence-electron chi connectivity index (χ2n) is 6.47. The van der Waals surface area contributed by atoms with Crippen LogP contribution in [0.5, 0.6) is 5.88 Å². The summed E-state index contributed by atoms with van der Waals surface area (Å²) in [5.74, 6) is 0.608. The second kappa shape index (κ2) is 8.54. The number of aromatic nitrogens is 2. The van der Waals surface area contributed by atoms with Crippen molar-refractivity contribution in [2.75, 3.05) is 43.1 Å². The van der Waals surface area contributed by atoms with Gasteiger partial charge in [-0.3, -0.25) is 4.79 Å². The third-order valence-corrected chi connectivity index (χ3v) is 4.47. The molecule has 0 atom stereocenters. The lowest BCUT2D eigenvalue weighted by Gasteiger charge is -2.28. The van der Waals surface area contributed by atoms with Crippen molar-refractivity contribution in [2.45, 2.75) is 0 Å². The van der Waals surface area contributed by atoms with Crippen LogP contribution >= 0.6 is 0 Å². The van der Waals surface area contributed by atoms with Gasteiger partial charge in [0, 0.05) is 18.8 Å². The van der Waals surface area contributed by atoms with Crippen LogP contribution in [0, 0.1) is 11.3 Å². The summed E-state index contributed by atoms with van der Waals surface area (Å²) >= 11 is 0. The molecule has 8 heteroatoms. The molecule has 1 aliphatic heterocycles. The van der Waals surface area contributed by atoms with Crippen molar-refractivity contribution in [3.8, 4) is 11.9 Å². The van der Waals surface area contributed by atoms with Gasteiger partial charge < -0.3 is 19.7 Å². The first kappa shape index (κ1) is 18.7. The number of rotatable bonds is 5. The van der Waals surface area contributed by atoms with Crippen molar-refractivity contribution in [3.63, 3.8) is 0 Å². The molecule has 1 aromatic heterocycles. The molecule has 4 rings (SSSR count). The van der Waals surface area contributed by atoms with Gasteiger partial charge in [0.2, 0.25) is 0 Å². The van der Waals surface area contributed by atoms with Gasteiger partial charge >= 0.3 is 0 Å². The number of benzene rings is 2. The molecular formula is C21H19N5O3. The van der Waals surface area contributed by atoms with Crippen LogP contribution in [-0.4, -0.2) is 48.8 Å². The highest BCUT2D eigenvalue weighted by Gasteiger charge is 2.20. The van der Waals surface area contributed by atoms with E-state index in [1.54, 1.807) is 24.3 Å². The van der Waals surface area contributed by atoms with Crippen LogP contribution in [0.4, 0.5) is 11.5 Å². The number of hydrogen-bond acceptors (Lipinski definition) is 7. The maximum atomic E-state index is 12.3. The number of para-hydroxylation sites is 2. The Kier molecular flexibility index (Phi) is 5.49. The van der Waals surface area contributed by atoms with E-state index in [1.165, 1.54) is 0 Å². The molecule has 0 unspecified atom stereocenters. The lowest BCUT2D eigenvalue weighted by molar-refractivity contribution is -0.118. The number of fused-ring (bicyclic) bond motifs is 1. The molecule has 0 bridgehead atoms. The number of nitrogens with one attached hydrogen (secondary N) is 1. The topological polar surface area (TPSA) is 100 Å². The van der Waals surface area contributed by atoms with Crippen LogP contribution < -0.4 is 15.0 Å². The standard InChI is InChI=1S/C21H19N5O3/c22-13-15-5-7-16(8-6-15)23-19(27)14-29-21-20(26-9-11-28-12-10-26)24-17-3-1-2-4-18(17)25-21/h1-8H,9-12,14H2,(H,23,27). The second-order valence-corrected chi connectivity index (χ2v) is 6.47. The quantitative estimate of drug-likeness (QED) is 0.715. The number of nitriles is 1. The largest absolute Gasteiger partial charge is 0.465 e. The Morgan fingerprint density at radius 1 is 1.10 bits per heavy atom. The summed E-state index contributed by atoms with van der Waals surface area (Å²) in [5.41, 5.74) is 2.59. The number of nitrogens with zero attached hydrogens (tertiary/aromatic N) is 4. The van der Waals surface area contributed by atoms with Crippen molar-refractivity contribution in [3.05, 3.63) is 54.1 Å². The molecule has 0 spiro atoms. The van der Waals surface area contributed by atoms with Crippen LogP contribution in [0.15, 0.2) is 48.5 Å². The van der Waals surface area contributed by atoms with E-state index >= 15 is 0 Å². The third kappa shape index (κ3) is 4.42. The molecule has 1 fully saturated rings. The minimum Gasteiger partial charge on any atom is -0.465 e. The highest BCUT2D eigenvalue weighted by atomic mass is 16.5. The van der Waals surface area contributed by atoms with Gasteiger partial charge in [-0.25, -0.2) is 9.97 Å². The fraction of sp³-hybridized carbons (Fsp3) is 0.238. The van der Waals surface area contributed by atoms with Gasteiger partial charge in [0.25, 0.3) is 11.8 Å². The predicted octanol–water partition coefficient (Wildman–Crippen LogP) is 2.36. The Labute approximate surface area is 167 Å². The van der Waals surface area contributed by atoms with Crippen LogP contribution in [-0.2, 0) is 9.53 Å². The molecule has 1 N–H and O–H groups in total. The molecule has 3 aromatic rings. The molecule has 1 saturated heterocycles. The monoisotopic (exact) mass is 389 g/mol. The molecular weight excluding hydrogens is 370 g/mol. The summed E-state index contributed by atoms with van der Waals surface area (Å²) in [6, 6.07) is 16.2. The summed E-state index contributed by atoms with van der Waals surface area (Å²) in [6.07, 6.45) is 0. The summed E-state index contributed by atoms with van der Waals surface area (Å²) in [7, 11) is 0. The van der Waals surface area contributed by atoms with Gasteiger partial charge in [-0.1, -0.05) is 12.1 Å². The number of carbonyl (C=O) groups is 1. The highest BCUT2D eigenvalue weighted by Crippen LogP contribution is 2.27. The fourth-order valence-corrected chi connectivity index (χ4v) is 3.01. The van der Waals surface area contributed by atoms with E-state index in [9.17, 15) is 4.79 Å². The lowest BCUT2D eigenvalue weighted by atomic mass is 10.2. The molecule has 1 amide bonds. The summed E-state index contributed by atoms with van der Waals surface area (Å²) in [4.78, 5) is 23.6. The van der Waals surface area contributed by atoms with Crippen LogP contribution in [0.1, 0.15) is 5.56 Å². The normalized spacial score (nSPS) is 13.7. The number of morpholine rings is 1. The Morgan fingerprint density at radius 2 is 1.79 bits per heavy atom. The summed E-state index contributed by atoms with van der Waals surface area (Å²) in [6.45, 7) is 2.37.